The zero-order valence-corrected chi connectivity index (χ0v) is 7.37. The average molecular weight is 205 g/mol. The first-order chi connectivity index (χ1) is 6.61. The zero-order valence-electron chi connectivity index (χ0n) is 7.37. The average Bonchev–Trinajstić information content (AvgIpc) is 2.16. The third-order valence-electron chi connectivity index (χ3n) is 1.71. The molecule has 1 heterocycles. The van der Waals surface area contributed by atoms with Gasteiger partial charge >= 0.3 is 0 Å². The van der Waals surface area contributed by atoms with Gasteiger partial charge in [-0.15, -0.1) is 0 Å². The lowest BCUT2D eigenvalue weighted by atomic mass is 10.2. The summed E-state index contributed by atoms with van der Waals surface area (Å²) in [5.74, 6) is -0.543. The van der Waals surface area contributed by atoms with E-state index in [-0.39, 0.29) is 17.1 Å². The molecule has 78 valence electrons. The van der Waals surface area contributed by atoms with Crippen molar-refractivity contribution in [1.29, 1.82) is 0 Å². The molecule has 0 spiro atoms. The van der Waals surface area contributed by atoms with Crippen LogP contribution in [0.5, 0.6) is 11.5 Å². The van der Waals surface area contributed by atoms with Crippen LogP contribution in [0.2, 0.25) is 0 Å². The minimum absolute atomic E-state index is 0.169. The predicted molar refractivity (Wildman–Crippen MR) is 43.3 cm³/mol. The number of aliphatic hydroxyl groups excluding tert-OH is 1. The maximum absolute atomic E-state index is 12.4. The quantitative estimate of drug-likeness (QED) is 0.778. The molecule has 0 radical (unpaired) electrons. The summed E-state index contributed by atoms with van der Waals surface area (Å²) >= 11 is 0. The highest BCUT2D eigenvalue weighted by Gasteiger charge is 2.20. The van der Waals surface area contributed by atoms with Crippen LogP contribution in [0.1, 0.15) is 17.7 Å². The highest BCUT2D eigenvalue weighted by molar-refractivity contribution is 5.46. The van der Waals surface area contributed by atoms with Gasteiger partial charge in [-0.25, -0.2) is 8.78 Å². The second-order valence-electron chi connectivity index (χ2n) is 2.50. The highest BCUT2D eigenvalue weighted by Crippen LogP contribution is 2.34. The first-order valence-corrected chi connectivity index (χ1v) is 3.75. The number of aliphatic hydroxyl groups is 1. The maximum atomic E-state index is 12.4. The summed E-state index contributed by atoms with van der Waals surface area (Å²) in [5, 5.41) is 18.0. The minimum atomic E-state index is -2.81. The number of nitrogens with zero attached hydrogens (tertiary/aromatic N) is 1. The van der Waals surface area contributed by atoms with Gasteiger partial charge in [-0.2, -0.15) is 0 Å². The number of halogens is 2. The summed E-state index contributed by atoms with van der Waals surface area (Å²) in [4.78, 5) is 3.32. The van der Waals surface area contributed by atoms with Crippen molar-refractivity contribution < 1.29 is 23.7 Å². The van der Waals surface area contributed by atoms with E-state index in [4.69, 9.17) is 5.11 Å². The van der Waals surface area contributed by atoms with Crippen molar-refractivity contribution in [3.63, 3.8) is 0 Å². The second-order valence-corrected chi connectivity index (χ2v) is 2.50. The van der Waals surface area contributed by atoms with Crippen molar-refractivity contribution in [2.45, 2.75) is 13.0 Å². The molecule has 0 aliphatic rings. The molecule has 6 heteroatoms. The molecule has 0 atom stereocenters. The fourth-order valence-electron chi connectivity index (χ4n) is 1.11. The van der Waals surface area contributed by atoms with Crippen molar-refractivity contribution >= 4 is 0 Å². The highest BCUT2D eigenvalue weighted by atomic mass is 19.3. The summed E-state index contributed by atoms with van der Waals surface area (Å²) in [6.45, 7) is -0.662. The Morgan fingerprint density at radius 1 is 1.57 bits per heavy atom. The third kappa shape index (κ3) is 1.74. The van der Waals surface area contributed by atoms with Crippen molar-refractivity contribution in [1.82, 2.24) is 4.98 Å². The zero-order chi connectivity index (χ0) is 10.7. The van der Waals surface area contributed by atoms with Gasteiger partial charge in [0.25, 0.3) is 6.43 Å². The van der Waals surface area contributed by atoms with Gasteiger partial charge in [0, 0.05) is 0 Å². The van der Waals surface area contributed by atoms with Gasteiger partial charge in [0.05, 0.1) is 25.5 Å². The fourth-order valence-corrected chi connectivity index (χ4v) is 1.11. The summed E-state index contributed by atoms with van der Waals surface area (Å²) in [5.41, 5.74) is -0.773. The largest absolute Gasteiger partial charge is 0.503 e. The molecule has 14 heavy (non-hydrogen) atoms. The first kappa shape index (κ1) is 10.6. The van der Waals surface area contributed by atoms with E-state index in [9.17, 15) is 13.9 Å². The smallest absolute Gasteiger partial charge is 0.280 e. The number of ether oxygens (including phenoxy) is 1. The molecule has 4 nitrogen and oxygen atoms in total. The van der Waals surface area contributed by atoms with Gasteiger partial charge in [0.1, 0.15) is 5.69 Å². The lowest BCUT2D eigenvalue weighted by molar-refractivity contribution is 0.140. The molecule has 0 aliphatic carbocycles. The van der Waals surface area contributed by atoms with Gasteiger partial charge in [-0.05, 0) is 0 Å². The Kier molecular flexibility index (Phi) is 3.19. The van der Waals surface area contributed by atoms with Crippen LogP contribution in [0.3, 0.4) is 0 Å². The SMILES string of the molecule is COc1c(O)cnc(C(F)F)c1CO. The molecule has 1 rings (SSSR count). The number of hydrogen-bond acceptors (Lipinski definition) is 4. The van der Waals surface area contributed by atoms with E-state index in [1.54, 1.807) is 0 Å². The summed E-state index contributed by atoms with van der Waals surface area (Å²) in [7, 11) is 1.21. The van der Waals surface area contributed by atoms with E-state index in [0.717, 1.165) is 6.20 Å². The van der Waals surface area contributed by atoms with E-state index in [1.165, 1.54) is 7.11 Å². The Morgan fingerprint density at radius 2 is 2.21 bits per heavy atom. The van der Waals surface area contributed by atoms with Crippen LogP contribution < -0.4 is 4.74 Å². The number of hydrogen-bond donors (Lipinski definition) is 2. The number of alkyl halides is 2. The standard InChI is InChI=1S/C8H9F2NO3/c1-14-7-4(3-12)6(8(9)10)11-2-5(7)13/h2,8,12-13H,3H2,1H3. The molecule has 1 aromatic heterocycles. The molecule has 0 bridgehead atoms. The van der Waals surface area contributed by atoms with Gasteiger partial charge in [0.15, 0.2) is 11.5 Å². The van der Waals surface area contributed by atoms with Crippen LogP contribution in [0.25, 0.3) is 0 Å². The predicted octanol–water partition coefficient (Wildman–Crippen LogP) is 1.23. The number of aromatic hydroxyl groups is 1. The van der Waals surface area contributed by atoms with Crippen LogP contribution in [-0.2, 0) is 6.61 Å². The van der Waals surface area contributed by atoms with Gasteiger partial charge < -0.3 is 14.9 Å². The van der Waals surface area contributed by atoms with Gasteiger partial charge in [-0.1, -0.05) is 0 Å². The van der Waals surface area contributed by atoms with Crippen LogP contribution in [0, 0.1) is 0 Å². The molecule has 0 saturated heterocycles. The Balaban J connectivity index is 3.33. The fraction of sp³-hybridized carbons (Fsp3) is 0.375. The second kappa shape index (κ2) is 4.19. The Labute approximate surface area is 78.8 Å². The topological polar surface area (TPSA) is 62.6 Å². The molecule has 0 aromatic carbocycles. The van der Waals surface area contributed by atoms with Crippen LogP contribution >= 0.6 is 0 Å². The molecule has 2 N–H and O–H groups in total. The molecular weight excluding hydrogens is 196 g/mol. The van der Waals surface area contributed by atoms with Crippen LogP contribution in [0.4, 0.5) is 8.78 Å². The van der Waals surface area contributed by atoms with Crippen molar-refractivity contribution in [3.05, 3.63) is 17.5 Å². The number of aromatic nitrogens is 1. The lowest BCUT2D eigenvalue weighted by Crippen LogP contribution is -2.02. The van der Waals surface area contributed by atoms with Crippen molar-refractivity contribution in [3.8, 4) is 11.5 Å². The third-order valence-corrected chi connectivity index (χ3v) is 1.71. The molecule has 0 amide bonds. The van der Waals surface area contributed by atoms with E-state index in [2.05, 4.69) is 9.72 Å². The molecular formula is C8H9F2NO3. The minimum Gasteiger partial charge on any atom is -0.503 e. The number of rotatable bonds is 3. The summed E-state index contributed by atoms with van der Waals surface area (Å²) < 4.78 is 29.4. The van der Waals surface area contributed by atoms with E-state index in [0.29, 0.717) is 0 Å². The molecule has 0 aliphatic heterocycles. The van der Waals surface area contributed by atoms with Crippen LogP contribution in [-0.4, -0.2) is 22.3 Å². The summed E-state index contributed by atoms with van der Waals surface area (Å²) in [6, 6.07) is 0. The lowest BCUT2D eigenvalue weighted by Gasteiger charge is -2.11. The molecule has 1 aromatic rings. The Hall–Kier alpha value is -1.43. The van der Waals surface area contributed by atoms with Crippen molar-refractivity contribution in [2.75, 3.05) is 7.11 Å². The first-order valence-electron chi connectivity index (χ1n) is 3.75. The maximum Gasteiger partial charge on any atom is 0.280 e. The van der Waals surface area contributed by atoms with Crippen LogP contribution in [0.15, 0.2) is 6.20 Å². The Bertz CT molecular complexity index is 331. The summed E-state index contributed by atoms with van der Waals surface area (Å²) in [6.07, 6.45) is -1.95. The van der Waals surface area contributed by atoms with E-state index < -0.39 is 18.7 Å². The van der Waals surface area contributed by atoms with E-state index >= 15 is 0 Å². The van der Waals surface area contributed by atoms with Gasteiger partial charge in [0.2, 0.25) is 0 Å². The van der Waals surface area contributed by atoms with Crippen molar-refractivity contribution in [2.24, 2.45) is 0 Å². The molecule has 0 saturated carbocycles. The molecule has 0 unspecified atom stereocenters. The molecule has 0 fully saturated rings. The normalized spacial score (nSPS) is 10.6. The van der Waals surface area contributed by atoms with Gasteiger partial charge in [-0.3, -0.25) is 4.98 Å². The monoisotopic (exact) mass is 205 g/mol. The number of pyridine rings is 1. The van der Waals surface area contributed by atoms with E-state index in [1.807, 2.05) is 0 Å². The Morgan fingerprint density at radius 3 is 2.64 bits per heavy atom. The number of methoxy groups -OCH3 is 1.